The summed E-state index contributed by atoms with van der Waals surface area (Å²) in [6.07, 6.45) is 5.33. The van der Waals surface area contributed by atoms with Crippen LogP contribution in [0.1, 0.15) is 10.6 Å². The van der Waals surface area contributed by atoms with E-state index in [0.717, 1.165) is 21.8 Å². The molecule has 0 unspecified atom stereocenters. The second-order valence-electron chi connectivity index (χ2n) is 4.35. The van der Waals surface area contributed by atoms with Crippen LogP contribution in [0.4, 0.5) is 0 Å². The molecule has 0 N–H and O–H groups in total. The third-order valence-electron chi connectivity index (χ3n) is 2.94. The minimum absolute atomic E-state index is 0.575. The number of aromatic nitrogens is 2. The van der Waals surface area contributed by atoms with Crippen molar-refractivity contribution in [2.75, 3.05) is 0 Å². The minimum atomic E-state index is 0.575. The smallest absolute Gasteiger partial charge is 0.134 e. The lowest BCUT2D eigenvalue weighted by Gasteiger charge is -1.96. The maximum atomic E-state index is 9.36. The van der Waals surface area contributed by atoms with E-state index in [2.05, 4.69) is 16.0 Å². The molecule has 2 aromatic heterocycles. The number of nitriles is 1. The Morgan fingerprint density at radius 1 is 1.10 bits per heavy atom. The average molecular weight is 289 g/mol. The highest BCUT2D eigenvalue weighted by Gasteiger charge is 2.08. The zero-order chi connectivity index (χ0) is 14.5. The number of thiazole rings is 1. The first-order valence-electron chi connectivity index (χ1n) is 6.40. The Morgan fingerprint density at radius 3 is 2.57 bits per heavy atom. The molecule has 100 valence electrons. The third-order valence-corrected chi connectivity index (χ3v) is 3.82. The molecule has 21 heavy (non-hydrogen) atoms. The first-order valence-corrected chi connectivity index (χ1v) is 7.28. The molecule has 0 radical (unpaired) electrons. The summed E-state index contributed by atoms with van der Waals surface area (Å²) in [5.74, 6) is 0. The Balaban J connectivity index is 1.95. The largest absolute Gasteiger partial charge is 0.265 e. The van der Waals surface area contributed by atoms with Gasteiger partial charge in [-0.25, -0.2) is 4.98 Å². The molecule has 0 aliphatic rings. The van der Waals surface area contributed by atoms with E-state index in [0.29, 0.717) is 5.57 Å². The van der Waals surface area contributed by atoms with Crippen LogP contribution in [0.3, 0.4) is 0 Å². The number of rotatable bonds is 3. The summed E-state index contributed by atoms with van der Waals surface area (Å²) in [5, 5.41) is 12.0. The second-order valence-corrected chi connectivity index (χ2v) is 5.21. The summed E-state index contributed by atoms with van der Waals surface area (Å²) in [4.78, 5) is 8.54. The number of allylic oxidation sites excluding steroid dienone is 1. The molecule has 0 aliphatic heterocycles. The van der Waals surface area contributed by atoms with Crippen LogP contribution in [0, 0.1) is 11.3 Å². The Bertz CT molecular complexity index is 799. The van der Waals surface area contributed by atoms with E-state index < -0.39 is 0 Å². The topological polar surface area (TPSA) is 49.6 Å². The highest BCUT2D eigenvalue weighted by atomic mass is 32.1. The molecule has 0 amide bonds. The number of hydrogen-bond donors (Lipinski definition) is 0. The van der Waals surface area contributed by atoms with Crippen LogP contribution in [0.15, 0.2) is 60.2 Å². The van der Waals surface area contributed by atoms with E-state index >= 15 is 0 Å². The SMILES string of the molecule is N#C/C(=C/c1ccccc1)c1nc(-c2ccncc2)cs1. The molecular formula is C17H11N3S. The molecule has 0 bridgehead atoms. The molecule has 0 saturated carbocycles. The summed E-state index contributed by atoms with van der Waals surface area (Å²) in [6, 6.07) is 15.8. The third kappa shape index (κ3) is 3.04. The molecule has 3 aromatic rings. The van der Waals surface area contributed by atoms with E-state index in [4.69, 9.17) is 0 Å². The van der Waals surface area contributed by atoms with Crippen molar-refractivity contribution in [3.63, 3.8) is 0 Å². The lowest BCUT2D eigenvalue weighted by molar-refractivity contribution is 1.31. The Morgan fingerprint density at radius 2 is 1.86 bits per heavy atom. The lowest BCUT2D eigenvalue weighted by atomic mass is 10.1. The molecule has 1 aromatic carbocycles. The molecule has 0 aliphatic carbocycles. The Hall–Kier alpha value is -2.77. The molecule has 3 rings (SSSR count). The van der Waals surface area contributed by atoms with E-state index in [1.807, 2.05) is 53.9 Å². The van der Waals surface area contributed by atoms with Crippen LogP contribution in [-0.4, -0.2) is 9.97 Å². The van der Waals surface area contributed by atoms with Crippen LogP contribution in [0.5, 0.6) is 0 Å². The van der Waals surface area contributed by atoms with E-state index in [1.165, 1.54) is 11.3 Å². The Labute approximate surface area is 126 Å². The number of benzene rings is 1. The fraction of sp³-hybridized carbons (Fsp3) is 0. The Kier molecular flexibility index (Phi) is 3.85. The van der Waals surface area contributed by atoms with Crippen LogP contribution in [0.25, 0.3) is 22.9 Å². The van der Waals surface area contributed by atoms with Gasteiger partial charge in [-0.2, -0.15) is 5.26 Å². The first kappa shape index (κ1) is 13.2. The normalized spacial score (nSPS) is 11.1. The van der Waals surface area contributed by atoms with Crippen LogP contribution in [0.2, 0.25) is 0 Å². The molecule has 3 nitrogen and oxygen atoms in total. The van der Waals surface area contributed by atoms with Gasteiger partial charge < -0.3 is 0 Å². The minimum Gasteiger partial charge on any atom is -0.265 e. The zero-order valence-corrected chi connectivity index (χ0v) is 11.9. The van der Waals surface area contributed by atoms with Gasteiger partial charge in [-0.1, -0.05) is 30.3 Å². The molecule has 2 heterocycles. The van der Waals surface area contributed by atoms with Crippen molar-refractivity contribution in [3.8, 4) is 17.3 Å². The van der Waals surface area contributed by atoms with Gasteiger partial charge >= 0.3 is 0 Å². The predicted molar refractivity (Wildman–Crippen MR) is 85.3 cm³/mol. The first-order chi connectivity index (χ1) is 10.4. The van der Waals surface area contributed by atoms with Crippen LogP contribution in [-0.2, 0) is 0 Å². The summed E-state index contributed by atoms with van der Waals surface area (Å²) in [7, 11) is 0. The van der Waals surface area contributed by atoms with Crippen molar-refractivity contribution in [1.29, 1.82) is 5.26 Å². The summed E-state index contributed by atoms with van der Waals surface area (Å²) >= 11 is 1.47. The van der Waals surface area contributed by atoms with E-state index in [-0.39, 0.29) is 0 Å². The molecule has 0 fully saturated rings. The molecule has 0 spiro atoms. The molecule has 4 heteroatoms. The van der Waals surface area contributed by atoms with Gasteiger partial charge in [0, 0.05) is 23.3 Å². The predicted octanol–water partition coefficient (Wildman–Crippen LogP) is 4.27. The van der Waals surface area contributed by atoms with Gasteiger partial charge in [0.1, 0.15) is 11.1 Å². The maximum absolute atomic E-state index is 9.36. The lowest BCUT2D eigenvalue weighted by Crippen LogP contribution is -1.83. The highest BCUT2D eigenvalue weighted by molar-refractivity contribution is 7.11. The van der Waals surface area contributed by atoms with Gasteiger partial charge in [0.2, 0.25) is 0 Å². The van der Waals surface area contributed by atoms with Gasteiger partial charge in [0.05, 0.1) is 11.3 Å². The molecule has 0 saturated heterocycles. The molecular weight excluding hydrogens is 278 g/mol. The standard InChI is InChI=1S/C17H11N3S/c18-11-15(10-13-4-2-1-3-5-13)17-20-16(12-21-17)14-6-8-19-9-7-14/h1-10,12H/b15-10-. The van der Waals surface area contributed by atoms with Gasteiger partial charge in [0.15, 0.2) is 0 Å². The average Bonchev–Trinajstić information content (AvgIpc) is 3.04. The number of hydrogen-bond acceptors (Lipinski definition) is 4. The van der Waals surface area contributed by atoms with E-state index in [9.17, 15) is 5.26 Å². The summed E-state index contributed by atoms with van der Waals surface area (Å²) in [5.41, 5.74) is 3.44. The number of nitrogens with zero attached hydrogens (tertiary/aromatic N) is 3. The van der Waals surface area contributed by atoms with E-state index in [1.54, 1.807) is 12.4 Å². The van der Waals surface area contributed by atoms with Crippen molar-refractivity contribution in [3.05, 3.63) is 70.8 Å². The zero-order valence-electron chi connectivity index (χ0n) is 11.1. The van der Waals surface area contributed by atoms with Crippen molar-refractivity contribution in [2.45, 2.75) is 0 Å². The quantitative estimate of drug-likeness (QED) is 0.676. The van der Waals surface area contributed by atoms with Crippen LogP contribution < -0.4 is 0 Å². The van der Waals surface area contributed by atoms with Crippen LogP contribution >= 0.6 is 11.3 Å². The van der Waals surface area contributed by atoms with Crippen molar-refractivity contribution >= 4 is 23.0 Å². The fourth-order valence-corrected chi connectivity index (χ4v) is 2.71. The summed E-state index contributed by atoms with van der Waals surface area (Å²) < 4.78 is 0. The van der Waals surface area contributed by atoms with Gasteiger partial charge in [0.25, 0.3) is 0 Å². The molecule has 0 atom stereocenters. The van der Waals surface area contributed by atoms with Gasteiger partial charge in [-0.05, 0) is 23.8 Å². The van der Waals surface area contributed by atoms with Crippen molar-refractivity contribution < 1.29 is 0 Å². The second kappa shape index (κ2) is 6.12. The summed E-state index contributed by atoms with van der Waals surface area (Å²) in [6.45, 7) is 0. The highest BCUT2D eigenvalue weighted by Crippen LogP contribution is 2.26. The van der Waals surface area contributed by atoms with Crippen molar-refractivity contribution in [1.82, 2.24) is 9.97 Å². The van der Waals surface area contributed by atoms with Gasteiger partial charge in [-0.3, -0.25) is 4.98 Å². The maximum Gasteiger partial charge on any atom is 0.134 e. The number of pyridine rings is 1. The fourth-order valence-electron chi connectivity index (χ4n) is 1.91. The monoisotopic (exact) mass is 289 g/mol. The van der Waals surface area contributed by atoms with Crippen molar-refractivity contribution in [2.24, 2.45) is 0 Å². The van der Waals surface area contributed by atoms with Gasteiger partial charge in [-0.15, -0.1) is 11.3 Å².